The number of hydrogen-bond donors (Lipinski definition) is 1. The predicted octanol–water partition coefficient (Wildman–Crippen LogP) is 2.77. The minimum Gasteiger partial charge on any atom is -0.317 e. The Morgan fingerprint density at radius 3 is 2.87 bits per heavy atom. The Labute approximate surface area is 95.6 Å². The third-order valence-electron chi connectivity index (χ3n) is 3.57. The van der Waals surface area contributed by atoms with E-state index >= 15 is 0 Å². The van der Waals surface area contributed by atoms with Crippen LogP contribution in [0.4, 0.5) is 0 Å². The summed E-state index contributed by atoms with van der Waals surface area (Å²) in [4.78, 5) is 1.53. The lowest BCUT2D eigenvalue weighted by molar-refractivity contribution is 0.417. The largest absolute Gasteiger partial charge is 0.317 e. The van der Waals surface area contributed by atoms with Gasteiger partial charge in [-0.05, 0) is 50.9 Å². The molecule has 2 aliphatic heterocycles. The van der Waals surface area contributed by atoms with Gasteiger partial charge in [0.25, 0.3) is 0 Å². The molecule has 1 aromatic carbocycles. The van der Waals surface area contributed by atoms with Crippen molar-refractivity contribution in [2.45, 2.75) is 35.8 Å². The molecule has 80 valence electrons. The van der Waals surface area contributed by atoms with E-state index in [4.69, 9.17) is 0 Å². The molecule has 2 heterocycles. The molecule has 1 saturated heterocycles. The van der Waals surface area contributed by atoms with Gasteiger partial charge in [0.1, 0.15) is 0 Å². The number of thioether (sulfide) groups is 1. The summed E-state index contributed by atoms with van der Waals surface area (Å²) < 4.78 is 0.529. The van der Waals surface area contributed by atoms with Gasteiger partial charge in [0.2, 0.25) is 0 Å². The summed E-state index contributed by atoms with van der Waals surface area (Å²) in [7, 11) is 0. The number of benzene rings is 1. The standard InChI is InChI=1S/C13H17NS/c1-10-2-3-12-11(8-10)9-13(15-12)4-6-14-7-5-13/h2-3,8,14H,4-7,9H2,1H3. The Morgan fingerprint density at radius 1 is 1.27 bits per heavy atom. The maximum absolute atomic E-state index is 3.46. The minimum absolute atomic E-state index is 0.529. The third-order valence-corrected chi connectivity index (χ3v) is 5.17. The molecule has 0 unspecified atom stereocenters. The molecule has 15 heavy (non-hydrogen) atoms. The summed E-state index contributed by atoms with van der Waals surface area (Å²) in [5.74, 6) is 0. The molecule has 2 heteroatoms. The topological polar surface area (TPSA) is 12.0 Å². The number of piperidine rings is 1. The zero-order valence-electron chi connectivity index (χ0n) is 9.18. The van der Waals surface area contributed by atoms with Crippen LogP contribution in [0.25, 0.3) is 0 Å². The molecular weight excluding hydrogens is 202 g/mol. The predicted molar refractivity (Wildman–Crippen MR) is 65.6 cm³/mol. The first-order chi connectivity index (χ1) is 7.27. The zero-order chi connectivity index (χ0) is 10.3. The fraction of sp³-hybridized carbons (Fsp3) is 0.538. The maximum atomic E-state index is 3.46. The van der Waals surface area contributed by atoms with Crippen LogP contribution in [0.2, 0.25) is 0 Å². The summed E-state index contributed by atoms with van der Waals surface area (Å²) in [6.07, 6.45) is 3.94. The van der Waals surface area contributed by atoms with E-state index in [2.05, 4.69) is 42.2 Å². The van der Waals surface area contributed by atoms with Crippen molar-refractivity contribution < 1.29 is 0 Å². The van der Waals surface area contributed by atoms with Gasteiger partial charge in [-0.25, -0.2) is 0 Å². The maximum Gasteiger partial charge on any atom is 0.0272 e. The molecule has 0 bridgehead atoms. The Hall–Kier alpha value is -0.470. The quantitative estimate of drug-likeness (QED) is 0.720. The fourth-order valence-electron chi connectivity index (χ4n) is 2.72. The monoisotopic (exact) mass is 219 g/mol. The Morgan fingerprint density at radius 2 is 2.07 bits per heavy atom. The van der Waals surface area contributed by atoms with Gasteiger partial charge in [0.05, 0.1) is 0 Å². The van der Waals surface area contributed by atoms with Crippen molar-refractivity contribution in [3.8, 4) is 0 Å². The van der Waals surface area contributed by atoms with E-state index in [0.29, 0.717) is 4.75 Å². The SMILES string of the molecule is Cc1ccc2c(c1)CC1(CCNCC1)S2. The zero-order valence-corrected chi connectivity index (χ0v) is 9.99. The molecule has 1 fully saturated rings. The summed E-state index contributed by atoms with van der Waals surface area (Å²) in [5.41, 5.74) is 2.99. The molecular formula is C13H17NS. The van der Waals surface area contributed by atoms with E-state index < -0.39 is 0 Å². The molecule has 1 N–H and O–H groups in total. The highest BCUT2D eigenvalue weighted by atomic mass is 32.2. The van der Waals surface area contributed by atoms with E-state index in [1.54, 1.807) is 5.56 Å². The van der Waals surface area contributed by atoms with Crippen LogP contribution >= 0.6 is 11.8 Å². The molecule has 0 aromatic heterocycles. The van der Waals surface area contributed by atoms with E-state index in [1.807, 2.05) is 0 Å². The van der Waals surface area contributed by atoms with E-state index in [1.165, 1.54) is 42.8 Å². The molecule has 1 spiro atoms. The van der Waals surface area contributed by atoms with Crippen LogP contribution in [0.5, 0.6) is 0 Å². The Kier molecular flexibility index (Phi) is 2.29. The van der Waals surface area contributed by atoms with Crippen LogP contribution in [0, 0.1) is 6.92 Å². The molecule has 2 aliphatic rings. The average molecular weight is 219 g/mol. The van der Waals surface area contributed by atoms with Crippen molar-refractivity contribution in [1.29, 1.82) is 0 Å². The highest BCUT2D eigenvalue weighted by Gasteiger charge is 2.38. The molecule has 0 atom stereocenters. The summed E-state index contributed by atoms with van der Waals surface area (Å²) in [5, 5.41) is 3.46. The summed E-state index contributed by atoms with van der Waals surface area (Å²) in [6, 6.07) is 6.93. The summed E-state index contributed by atoms with van der Waals surface area (Å²) in [6.45, 7) is 4.58. The first kappa shape index (κ1) is 9.73. The first-order valence-electron chi connectivity index (χ1n) is 5.77. The average Bonchev–Trinajstić information content (AvgIpc) is 2.56. The van der Waals surface area contributed by atoms with Crippen LogP contribution in [0.15, 0.2) is 23.1 Å². The van der Waals surface area contributed by atoms with Gasteiger partial charge >= 0.3 is 0 Å². The van der Waals surface area contributed by atoms with Crippen molar-refractivity contribution in [1.82, 2.24) is 5.32 Å². The number of rotatable bonds is 0. The number of fused-ring (bicyclic) bond motifs is 1. The van der Waals surface area contributed by atoms with Crippen molar-refractivity contribution in [2.24, 2.45) is 0 Å². The minimum atomic E-state index is 0.529. The molecule has 0 saturated carbocycles. The second kappa shape index (κ2) is 3.53. The van der Waals surface area contributed by atoms with Gasteiger partial charge in [0, 0.05) is 9.64 Å². The van der Waals surface area contributed by atoms with Gasteiger partial charge < -0.3 is 5.32 Å². The van der Waals surface area contributed by atoms with Gasteiger partial charge in [-0.15, -0.1) is 11.8 Å². The Bertz CT molecular complexity index is 380. The lowest BCUT2D eigenvalue weighted by atomic mass is 9.90. The van der Waals surface area contributed by atoms with Crippen molar-refractivity contribution in [3.63, 3.8) is 0 Å². The number of aryl methyl sites for hydroxylation is 1. The van der Waals surface area contributed by atoms with Crippen molar-refractivity contribution in [2.75, 3.05) is 13.1 Å². The van der Waals surface area contributed by atoms with Crippen LogP contribution in [0.3, 0.4) is 0 Å². The van der Waals surface area contributed by atoms with Crippen molar-refractivity contribution >= 4 is 11.8 Å². The lowest BCUT2D eigenvalue weighted by Crippen LogP contribution is -2.39. The first-order valence-corrected chi connectivity index (χ1v) is 6.58. The van der Waals surface area contributed by atoms with E-state index in [9.17, 15) is 0 Å². The van der Waals surface area contributed by atoms with Gasteiger partial charge in [-0.1, -0.05) is 17.7 Å². The van der Waals surface area contributed by atoms with Crippen LogP contribution < -0.4 is 5.32 Å². The van der Waals surface area contributed by atoms with Crippen molar-refractivity contribution in [3.05, 3.63) is 29.3 Å². The van der Waals surface area contributed by atoms with Gasteiger partial charge in [0.15, 0.2) is 0 Å². The second-order valence-corrected chi connectivity index (χ2v) is 6.33. The summed E-state index contributed by atoms with van der Waals surface area (Å²) >= 11 is 2.13. The number of nitrogens with one attached hydrogen (secondary N) is 1. The molecule has 1 aromatic rings. The molecule has 0 radical (unpaired) electrons. The highest BCUT2D eigenvalue weighted by Crippen LogP contribution is 2.49. The normalized spacial score (nSPS) is 23.0. The van der Waals surface area contributed by atoms with Crippen LogP contribution in [-0.2, 0) is 6.42 Å². The number of hydrogen-bond acceptors (Lipinski definition) is 2. The fourth-order valence-corrected chi connectivity index (χ4v) is 4.22. The molecule has 1 nitrogen and oxygen atoms in total. The highest BCUT2D eigenvalue weighted by molar-refractivity contribution is 8.01. The lowest BCUT2D eigenvalue weighted by Gasteiger charge is -2.32. The molecule has 0 aliphatic carbocycles. The molecule has 0 amide bonds. The van der Waals surface area contributed by atoms with Gasteiger partial charge in [-0.2, -0.15) is 0 Å². The molecule has 3 rings (SSSR count). The van der Waals surface area contributed by atoms with Crippen LogP contribution in [-0.4, -0.2) is 17.8 Å². The smallest absolute Gasteiger partial charge is 0.0272 e. The third kappa shape index (κ3) is 1.70. The van der Waals surface area contributed by atoms with Gasteiger partial charge in [-0.3, -0.25) is 0 Å². The second-order valence-electron chi connectivity index (χ2n) is 4.82. The van der Waals surface area contributed by atoms with Crippen LogP contribution in [0.1, 0.15) is 24.0 Å². The van der Waals surface area contributed by atoms with E-state index in [-0.39, 0.29) is 0 Å². The van der Waals surface area contributed by atoms with E-state index in [0.717, 1.165) is 0 Å². The Balaban J connectivity index is 1.90.